The van der Waals surface area contributed by atoms with Crippen LogP contribution in [0, 0.1) is 17.2 Å². The lowest BCUT2D eigenvalue weighted by Crippen LogP contribution is -2.30. The lowest BCUT2D eigenvalue weighted by Gasteiger charge is -2.29. The second-order valence-corrected chi connectivity index (χ2v) is 4.60. The monoisotopic (exact) mass is 260 g/mol. The third-order valence-electron chi connectivity index (χ3n) is 3.25. The summed E-state index contributed by atoms with van der Waals surface area (Å²) in [4.78, 5) is 22.0. The Balaban J connectivity index is 2.53. The molecule has 0 radical (unpaired) electrons. The fourth-order valence-corrected chi connectivity index (χ4v) is 2.45. The first-order valence-corrected chi connectivity index (χ1v) is 6.15. The lowest BCUT2D eigenvalue weighted by atomic mass is 9.82. The van der Waals surface area contributed by atoms with Gasteiger partial charge in [-0.15, -0.1) is 0 Å². The maximum absolute atomic E-state index is 11.9. The van der Waals surface area contributed by atoms with Crippen LogP contribution in [0.25, 0.3) is 0 Å². The second kappa shape index (κ2) is 5.29. The highest BCUT2D eigenvalue weighted by molar-refractivity contribution is 5.96. The summed E-state index contributed by atoms with van der Waals surface area (Å²) >= 11 is 0. The number of carbonyl (C=O) groups is 1. The van der Waals surface area contributed by atoms with Gasteiger partial charge in [0.15, 0.2) is 11.5 Å². The zero-order chi connectivity index (χ0) is 14.0. The van der Waals surface area contributed by atoms with Gasteiger partial charge in [0.05, 0.1) is 24.2 Å². The molecule has 19 heavy (non-hydrogen) atoms. The number of carbonyl (C=O) groups excluding carboxylic acids is 1. The Morgan fingerprint density at radius 3 is 2.74 bits per heavy atom. The Kier molecular flexibility index (Phi) is 3.72. The van der Waals surface area contributed by atoms with Crippen LogP contribution < -0.4 is 5.32 Å². The minimum absolute atomic E-state index is 0.0784. The highest BCUT2D eigenvalue weighted by Gasteiger charge is 2.35. The molecule has 1 unspecified atom stereocenters. The van der Waals surface area contributed by atoms with Crippen LogP contribution in [0.5, 0.6) is 0 Å². The maximum atomic E-state index is 11.9. The van der Waals surface area contributed by atoms with Gasteiger partial charge in [-0.3, -0.25) is 4.79 Å². The highest BCUT2D eigenvalue weighted by Crippen LogP contribution is 2.36. The van der Waals surface area contributed by atoms with E-state index in [9.17, 15) is 10.1 Å². The molecule has 0 aliphatic carbocycles. The third kappa shape index (κ3) is 2.40. The number of hydrogen-bond acceptors (Lipinski definition) is 5. The smallest absolute Gasteiger partial charge is 0.158 e. The first-order chi connectivity index (χ1) is 9.06. The van der Waals surface area contributed by atoms with Crippen LogP contribution >= 0.6 is 0 Å². The second-order valence-electron chi connectivity index (χ2n) is 4.60. The molecule has 0 aromatic heterocycles. The van der Waals surface area contributed by atoms with Gasteiger partial charge in [-0.05, 0) is 33.3 Å². The van der Waals surface area contributed by atoms with Crippen LogP contribution in [0.1, 0.15) is 27.2 Å². The number of nitriles is 1. The number of Topliss-reactive ketones (excluding diaryl/α,β-unsaturated/α-hetero) is 1. The third-order valence-corrected chi connectivity index (χ3v) is 3.25. The van der Waals surface area contributed by atoms with E-state index >= 15 is 0 Å². The molecule has 5 heteroatoms. The minimum atomic E-state index is -0.468. The topological polar surface area (TPSA) is 71.4 Å². The van der Waals surface area contributed by atoms with Crippen LogP contribution in [0.2, 0.25) is 0 Å². The average molecular weight is 260 g/mol. The van der Waals surface area contributed by atoms with Gasteiger partial charge in [-0.2, -0.15) is 10.1 Å². The fourth-order valence-electron chi connectivity index (χ4n) is 2.45. The van der Waals surface area contributed by atoms with Gasteiger partial charge in [0, 0.05) is 17.0 Å². The molecular formula is C14H16N2O3. The van der Waals surface area contributed by atoms with Gasteiger partial charge in [0.25, 0.3) is 0 Å². The summed E-state index contributed by atoms with van der Waals surface area (Å²) in [6.07, 6.45) is 2.58. The summed E-state index contributed by atoms with van der Waals surface area (Å²) in [5, 5.41) is 12.4. The van der Waals surface area contributed by atoms with Gasteiger partial charge in [-0.25, -0.2) is 0 Å². The molecule has 1 N–H and O–H groups in total. The van der Waals surface area contributed by atoms with E-state index in [2.05, 4.69) is 11.4 Å². The van der Waals surface area contributed by atoms with E-state index in [1.165, 1.54) is 6.92 Å². The van der Waals surface area contributed by atoms with Crippen LogP contribution in [0.3, 0.4) is 0 Å². The molecule has 100 valence electrons. The Labute approximate surface area is 112 Å². The SMILES string of the molecule is CC(=O)C1=C(C)NC(C)=C(C#N)C1C1=CCCOO1. The molecule has 0 spiro atoms. The molecule has 0 amide bonds. The van der Waals surface area contributed by atoms with Crippen molar-refractivity contribution in [1.29, 1.82) is 5.26 Å². The van der Waals surface area contributed by atoms with E-state index in [1.807, 2.05) is 19.9 Å². The molecule has 2 aliphatic rings. The summed E-state index contributed by atoms with van der Waals surface area (Å²) in [7, 11) is 0. The van der Waals surface area contributed by atoms with Crippen molar-refractivity contribution < 1.29 is 14.6 Å². The summed E-state index contributed by atoms with van der Waals surface area (Å²) in [5.41, 5.74) is 2.54. The summed E-state index contributed by atoms with van der Waals surface area (Å²) < 4.78 is 0. The van der Waals surface area contributed by atoms with Gasteiger partial charge in [-0.1, -0.05) is 0 Å². The van der Waals surface area contributed by atoms with Crippen molar-refractivity contribution in [2.75, 3.05) is 6.61 Å². The largest absolute Gasteiger partial charge is 0.362 e. The first-order valence-electron chi connectivity index (χ1n) is 6.15. The number of dihydropyridines is 1. The van der Waals surface area contributed by atoms with E-state index in [0.29, 0.717) is 29.9 Å². The molecule has 0 bridgehead atoms. The van der Waals surface area contributed by atoms with Crippen LogP contribution in [0.15, 0.2) is 34.4 Å². The fraction of sp³-hybridized carbons (Fsp3) is 0.429. The zero-order valence-electron chi connectivity index (χ0n) is 11.2. The van der Waals surface area contributed by atoms with Gasteiger partial charge in [0.1, 0.15) is 0 Å². The summed E-state index contributed by atoms with van der Waals surface area (Å²) in [6.45, 7) is 5.62. The van der Waals surface area contributed by atoms with E-state index in [0.717, 1.165) is 11.4 Å². The van der Waals surface area contributed by atoms with E-state index in [4.69, 9.17) is 9.78 Å². The van der Waals surface area contributed by atoms with Crippen molar-refractivity contribution >= 4 is 5.78 Å². The number of nitrogens with one attached hydrogen (secondary N) is 1. The van der Waals surface area contributed by atoms with Crippen molar-refractivity contribution in [3.63, 3.8) is 0 Å². The molecule has 0 saturated heterocycles. The normalized spacial score (nSPS) is 23.3. The molecule has 2 aliphatic heterocycles. The molecular weight excluding hydrogens is 244 g/mol. The van der Waals surface area contributed by atoms with Gasteiger partial charge < -0.3 is 10.2 Å². The molecule has 0 fully saturated rings. The van der Waals surface area contributed by atoms with E-state index in [-0.39, 0.29) is 5.78 Å². The quantitative estimate of drug-likeness (QED) is 0.770. The van der Waals surface area contributed by atoms with Crippen LogP contribution in [-0.2, 0) is 14.6 Å². The first kappa shape index (κ1) is 13.4. The van der Waals surface area contributed by atoms with Crippen molar-refractivity contribution in [3.8, 4) is 6.07 Å². The van der Waals surface area contributed by atoms with E-state index < -0.39 is 5.92 Å². The average Bonchev–Trinajstić information content (AvgIpc) is 2.38. The van der Waals surface area contributed by atoms with Crippen molar-refractivity contribution in [3.05, 3.63) is 34.4 Å². The number of rotatable bonds is 2. The Morgan fingerprint density at radius 1 is 1.47 bits per heavy atom. The van der Waals surface area contributed by atoms with E-state index in [1.54, 1.807) is 0 Å². The van der Waals surface area contributed by atoms with Crippen LogP contribution in [0.4, 0.5) is 0 Å². The van der Waals surface area contributed by atoms with Crippen molar-refractivity contribution in [2.24, 2.45) is 5.92 Å². The maximum Gasteiger partial charge on any atom is 0.158 e. The number of allylic oxidation sites excluding steroid dienone is 3. The highest BCUT2D eigenvalue weighted by atomic mass is 17.2. The summed E-state index contributed by atoms with van der Waals surface area (Å²) in [6, 6.07) is 2.16. The molecule has 2 heterocycles. The number of ketones is 1. The summed E-state index contributed by atoms with van der Waals surface area (Å²) in [5.74, 6) is -0.0254. The molecule has 2 rings (SSSR count). The van der Waals surface area contributed by atoms with Crippen molar-refractivity contribution in [1.82, 2.24) is 5.32 Å². The number of hydrogen-bond donors (Lipinski definition) is 1. The standard InChI is InChI=1S/C14H16N2O3/c1-8-11(7-15)14(12-5-4-6-18-19-12)13(10(3)17)9(2)16-8/h5,14,16H,4,6H2,1-3H3. The number of nitrogens with zero attached hydrogens (tertiary/aromatic N) is 1. The predicted molar refractivity (Wildman–Crippen MR) is 68.1 cm³/mol. The van der Waals surface area contributed by atoms with Crippen molar-refractivity contribution in [2.45, 2.75) is 27.2 Å². The Morgan fingerprint density at radius 2 is 2.21 bits per heavy atom. The molecule has 0 aromatic rings. The molecule has 0 saturated carbocycles. The Hall–Kier alpha value is -2.06. The molecule has 0 aromatic carbocycles. The molecule has 5 nitrogen and oxygen atoms in total. The zero-order valence-corrected chi connectivity index (χ0v) is 11.2. The Bertz CT molecular complexity index is 550. The molecule has 1 atom stereocenters. The predicted octanol–water partition coefficient (Wildman–Crippen LogP) is 2.10. The minimum Gasteiger partial charge on any atom is -0.362 e. The van der Waals surface area contributed by atoms with Gasteiger partial charge >= 0.3 is 0 Å². The van der Waals surface area contributed by atoms with Gasteiger partial charge in [0.2, 0.25) is 0 Å². The lowest BCUT2D eigenvalue weighted by molar-refractivity contribution is -0.272. The van der Waals surface area contributed by atoms with Crippen LogP contribution in [-0.4, -0.2) is 12.4 Å².